The average Bonchev–Trinajstić information content (AvgIpc) is 0.909. The maximum Gasteiger partial charge on any atom is 0.472 e. The Kier molecular flexibility index (Phi) is 80.2. The molecule has 642 valence electrons. The Hall–Kier alpha value is -1.94. The topological polar surface area (TPSA) is 237 Å². The first kappa shape index (κ1) is 106. The first-order valence-electron chi connectivity index (χ1n) is 46.1. The van der Waals surface area contributed by atoms with Gasteiger partial charge in [-0.2, -0.15) is 0 Å². The van der Waals surface area contributed by atoms with Gasteiger partial charge in [0.2, 0.25) is 0 Å². The largest absolute Gasteiger partial charge is 0.472 e. The van der Waals surface area contributed by atoms with E-state index in [1.165, 1.54) is 308 Å². The molecule has 0 saturated heterocycles. The van der Waals surface area contributed by atoms with Crippen molar-refractivity contribution in [2.75, 3.05) is 39.6 Å². The van der Waals surface area contributed by atoms with E-state index in [2.05, 4.69) is 34.6 Å². The number of ether oxygens (including phenoxy) is 4. The summed E-state index contributed by atoms with van der Waals surface area (Å²) in [6, 6.07) is 0. The molecule has 0 spiro atoms. The molecule has 0 rings (SSSR count). The third-order valence-corrected chi connectivity index (χ3v) is 22.9. The van der Waals surface area contributed by atoms with Crippen LogP contribution in [0.3, 0.4) is 0 Å². The van der Waals surface area contributed by atoms with Crippen molar-refractivity contribution >= 4 is 39.5 Å². The molecule has 2 unspecified atom stereocenters. The van der Waals surface area contributed by atoms with Gasteiger partial charge in [-0.15, -0.1) is 0 Å². The Morgan fingerprint density at radius 1 is 0.250 bits per heavy atom. The van der Waals surface area contributed by atoms with Crippen molar-refractivity contribution < 1.29 is 80.2 Å². The van der Waals surface area contributed by atoms with Gasteiger partial charge in [-0.1, -0.05) is 433 Å². The van der Waals surface area contributed by atoms with Crippen molar-refractivity contribution in [2.45, 2.75) is 502 Å². The molecule has 0 aliphatic heterocycles. The fraction of sp³-hybridized carbons (Fsp3) is 0.955. The van der Waals surface area contributed by atoms with Crippen LogP contribution in [0.4, 0.5) is 0 Å². The lowest BCUT2D eigenvalue weighted by atomic mass is 10.0. The second-order valence-corrected chi connectivity index (χ2v) is 35.4. The Bertz CT molecular complexity index is 2050. The number of aliphatic hydroxyl groups excluding tert-OH is 1. The average molecular weight is 1580 g/mol. The van der Waals surface area contributed by atoms with Gasteiger partial charge in [0.1, 0.15) is 19.3 Å². The van der Waals surface area contributed by atoms with Gasteiger partial charge in [0.05, 0.1) is 26.4 Å². The van der Waals surface area contributed by atoms with E-state index in [0.717, 1.165) is 95.8 Å². The van der Waals surface area contributed by atoms with Crippen molar-refractivity contribution in [3.8, 4) is 0 Å². The molecule has 3 N–H and O–H groups in total. The summed E-state index contributed by atoms with van der Waals surface area (Å²) in [4.78, 5) is 73.3. The minimum atomic E-state index is -4.97. The van der Waals surface area contributed by atoms with E-state index in [1.807, 2.05) is 0 Å². The normalized spacial score (nSPS) is 13.7. The second kappa shape index (κ2) is 81.6. The number of hydrogen-bond acceptors (Lipinski definition) is 15. The van der Waals surface area contributed by atoms with Crippen LogP contribution in [0.5, 0.6) is 0 Å². The van der Waals surface area contributed by atoms with Crippen molar-refractivity contribution in [3.05, 3.63) is 0 Å². The molecule has 0 saturated carbocycles. The Balaban J connectivity index is 5.20. The standard InChI is InChI=1S/C89H174O17P2/c1-6-9-12-15-18-21-23-25-27-29-31-32-37-40-44-48-53-58-63-68-73-87(92)100-79-85(106-89(94)75-70-65-60-55-50-46-42-38-34-33-35-39-43-47-52-56-61-66-71-82(4)5)81-104-108(97,98)102-77-83(90)76-101-107(95,96)103-80-84(78-99-86(91)72-67-62-57-51-20-17-14-11-8-3)105-88(93)74-69-64-59-54-49-45-41-36-30-28-26-24-22-19-16-13-10-7-2/h82-85,90H,6-81H2,1-5H3,(H,95,96)(H,97,98)/t83-,84+,85+/m0/s1. The zero-order chi connectivity index (χ0) is 79.0. The van der Waals surface area contributed by atoms with Gasteiger partial charge in [0.25, 0.3) is 0 Å². The maximum atomic E-state index is 13.2. The molecule has 0 aromatic carbocycles. The quantitative estimate of drug-likeness (QED) is 0.0222. The number of carbonyl (C=O) groups is 4. The van der Waals surface area contributed by atoms with Gasteiger partial charge in [0.15, 0.2) is 12.2 Å². The molecule has 17 nitrogen and oxygen atoms in total. The monoisotopic (exact) mass is 1580 g/mol. The lowest BCUT2D eigenvalue weighted by Crippen LogP contribution is -2.30. The number of rotatable bonds is 89. The number of hydrogen-bond donors (Lipinski definition) is 3. The maximum absolute atomic E-state index is 13.2. The summed E-state index contributed by atoms with van der Waals surface area (Å²) in [6.45, 7) is 7.40. The molecule has 0 aromatic heterocycles. The molecule has 0 aliphatic carbocycles. The van der Waals surface area contributed by atoms with Crippen molar-refractivity contribution in [1.82, 2.24) is 0 Å². The van der Waals surface area contributed by atoms with E-state index in [9.17, 15) is 43.2 Å². The summed E-state index contributed by atoms with van der Waals surface area (Å²) in [5.74, 6) is -1.28. The van der Waals surface area contributed by atoms with Crippen LogP contribution in [0.1, 0.15) is 484 Å². The van der Waals surface area contributed by atoms with Crippen molar-refractivity contribution in [3.63, 3.8) is 0 Å². The highest BCUT2D eigenvalue weighted by atomic mass is 31.2. The van der Waals surface area contributed by atoms with Gasteiger partial charge < -0.3 is 33.8 Å². The highest BCUT2D eigenvalue weighted by molar-refractivity contribution is 7.47. The summed E-state index contributed by atoms with van der Waals surface area (Å²) in [6.07, 6.45) is 76.5. The molecule has 0 aromatic rings. The predicted molar refractivity (Wildman–Crippen MR) is 446 cm³/mol. The summed E-state index contributed by atoms with van der Waals surface area (Å²) in [5.41, 5.74) is 0. The zero-order valence-corrected chi connectivity index (χ0v) is 72.8. The van der Waals surface area contributed by atoms with E-state index in [1.54, 1.807) is 0 Å². The van der Waals surface area contributed by atoms with E-state index in [4.69, 9.17) is 37.0 Å². The van der Waals surface area contributed by atoms with Crippen molar-refractivity contribution in [2.24, 2.45) is 5.92 Å². The molecular formula is C89H174O17P2. The van der Waals surface area contributed by atoms with Crippen LogP contribution in [-0.4, -0.2) is 96.7 Å². The molecule has 0 aliphatic rings. The van der Waals surface area contributed by atoms with E-state index in [0.29, 0.717) is 25.7 Å². The van der Waals surface area contributed by atoms with Gasteiger partial charge in [-0.25, -0.2) is 9.13 Å². The van der Waals surface area contributed by atoms with Gasteiger partial charge in [0, 0.05) is 25.7 Å². The second-order valence-electron chi connectivity index (χ2n) is 32.5. The van der Waals surface area contributed by atoms with Gasteiger partial charge in [-0.3, -0.25) is 37.3 Å². The number of phosphoric acid groups is 2. The fourth-order valence-electron chi connectivity index (χ4n) is 14.0. The summed E-state index contributed by atoms with van der Waals surface area (Å²) in [5, 5.41) is 10.7. The van der Waals surface area contributed by atoms with Gasteiger partial charge in [-0.05, 0) is 31.6 Å². The van der Waals surface area contributed by atoms with Crippen LogP contribution in [0.15, 0.2) is 0 Å². The molecule has 0 radical (unpaired) electrons. The molecule has 0 heterocycles. The predicted octanol–water partition coefficient (Wildman–Crippen LogP) is 27.5. The lowest BCUT2D eigenvalue weighted by Gasteiger charge is -2.21. The highest BCUT2D eigenvalue weighted by Gasteiger charge is 2.30. The summed E-state index contributed by atoms with van der Waals surface area (Å²) in [7, 11) is -9.93. The van der Waals surface area contributed by atoms with Crippen LogP contribution >= 0.6 is 15.6 Å². The number of phosphoric ester groups is 2. The van der Waals surface area contributed by atoms with E-state index >= 15 is 0 Å². The van der Waals surface area contributed by atoms with Crippen LogP contribution < -0.4 is 0 Å². The number of esters is 4. The van der Waals surface area contributed by atoms with Crippen LogP contribution in [0, 0.1) is 5.92 Å². The van der Waals surface area contributed by atoms with Crippen LogP contribution in [0.2, 0.25) is 0 Å². The number of carbonyl (C=O) groups excluding carboxylic acids is 4. The number of aliphatic hydroxyl groups is 1. The third-order valence-electron chi connectivity index (χ3n) is 21.0. The molecule has 108 heavy (non-hydrogen) atoms. The Morgan fingerprint density at radius 3 is 0.630 bits per heavy atom. The molecule has 0 bridgehead atoms. The first-order valence-corrected chi connectivity index (χ1v) is 49.1. The van der Waals surface area contributed by atoms with Crippen LogP contribution in [0.25, 0.3) is 0 Å². The smallest absolute Gasteiger partial charge is 0.462 e. The van der Waals surface area contributed by atoms with Gasteiger partial charge >= 0.3 is 39.5 Å². The first-order chi connectivity index (χ1) is 52.5. The lowest BCUT2D eigenvalue weighted by molar-refractivity contribution is -0.161. The van der Waals surface area contributed by atoms with Crippen molar-refractivity contribution in [1.29, 1.82) is 0 Å². The van der Waals surface area contributed by atoms with E-state index in [-0.39, 0.29) is 25.7 Å². The molecule has 0 fully saturated rings. The molecular weight excluding hydrogens is 1400 g/mol. The minimum absolute atomic E-state index is 0.109. The zero-order valence-electron chi connectivity index (χ0n) is 71.0. The molecule has 19 heteroatoms. The molecule has 5 atom stereocenters. The highest BCUT2D eigenvalue weighted by Crippen LogP contribution is 2.45. The third kappa shape index (κ3) is 82.1. The Morgan fingerprint density at radius 2 is 0.426 bits per heavy atom. The summed E-state index contributed by atoms with van der Waals surface area (Å²) >= 11 is 0. The minimum Gasteiger partial charge on any atom is -0.462 e. The molecule has 0 amide bonds. The van der Waals surface area contributed by atoms with Crippen LogP contribution in [-0.2, 0) is 65.4 Å². The summed E-state index contributed by atoms with van der Waals surface area (Å²) < 4.78 is 68.9. The number of unbranched alkanes of at least 4 members (excludes halogenated alkanes) is 61. The fourth-order valence-corrected chi connectivity index (χ4v) is 15.6. The SMILES string of the molecule is CCCCCCCCCCCCCCCCCCCCCCC(=O)OC[C@H](COP(=O)(O)OC[C@@H](O)COP(=O)(O)OC[C@@H](COC(=O)CCCCCCCCCCC)OC(=O)CCCCCCCCCCCCCCCCCCCC)OC(=O)CCCCCCCCCCCCCCCCCCCCC(C)C. The Labute approximate surface area is 664 Å². The van der Waals surface area contributed by atoms with E-state index < -0.39 is 97.5 Å².